The lowest BCUT2D eigenvalue weighted by Gasteiger charge is -2.22. The fraction of sp³-hybridized carbons (Fsp3) is 0.360. The molecule has 0 bridgehead atoms. The minimum absolute atomic E-state index is 0.434. The molecule has 9 heteroatoms. The van der Waals surface area contributed by atoms with Crippen LogP contribution in [0.1, 0.15) is 36.2 Å². The molecule has 1 aromatic heterocycles. The number of alkyl halides is 3. The summed E-state index contributed by atoms with van der Waals surface area (Å²) < 4.78 is 49.4. The Morgan fingerprint density at radius 1 is 1.06 bits per heavy atom. The van der Waals surface area contributed by atoms with Crippen molar-refractivity contribution in [3.8, 4) is 17.1 Å². The zero-order chi connectivity index (χ0) is 24.5. The molecule has 1 atom stereocenters. The van der Waals surface area contributed by atoms with Crippen molar-refractivity contribution in [2.24, 2.45) is 0 Å². The van der Waals surface area contributed by atoms with Crippen LogP contribution in [0.5, 0.6) is 5.75 Å². The molecule has 6 nitrogen and oxygen atoms in total. The fourth-order valence-corrected chi connectivity index (χ4v) is 4.02. The third kappa shape index (κ3) is 5.41. The van der Waals surface area contributed by atoms with Crippen molar-refractivity contribution in [1.82, 2.24) is 5.16 Å². The molecule has 0 spiro atoms. The van der Waals surface area contributed by atoms with Crippen molar-refractivity contribution in [1.29, 1.82) is 0 Å². The maximum Gasteiger partial charge on any atom is 0.416 e. The number of halogens is 3. The highest BCUT2D eigenvalue weighted by Crippen LogP contribution is 2.31. The summed E-state index contributed by atoms with van der Waals surface area (Å²) in [5.41, 5.74) is 1.61. The molecule has 0 saturated carbocycles. The summed E-state index contributed by atoms with van der Waals surface area (Å²) in [4.78, 5) is 12.6. The number of aliphatic carboxylic acids is 1. The highest BCUT2D eigenvalue weighted by Gasteiger charge is 2.31. The van der Waals surface area contributed by atoms with E-state index in [-0.39, 0.29) is 0 Å². The number of carbonyl (C=O) groups is 1. The molecule has 0 radical (unpaired) electrons. The van der Waals surface area contributed by atoms with Crippen LogP contribution in [0.15, 0.2) is 53.1 Å². The number of nitrogens with zero attached hydrogens (tertiary/aromatic N) is 1. The van der Waals surface area contributed by atoms with E-state index in [2.05, 4.69) is 5.16 Å². The number of hydrogen-bond acceptors (Lipinski definition) is 4. The van der Waals surface area contributed by atoms with Gasteiger partial charge in [0.25, 0.3) is 0 Å². The standard InChI is InChI=1S/C25H25F3N2O4/c1-24(2,23(31)32)33-21-8-5-16-9-11-30(12-10-18(16)13-21)15-20-14-22(34-29-20)17-3-6-19(7-4-17)25(26,27)28/h3-8,13-14H,9-12,15H2,1-2H3,(H,31,32)/p+1. The summed E-state index contributed by atoms with van der Waals surface area (Å²) in [7, 11) is 0. The van der Waals surface area contributed by atoms with E-state index in [1.807, 2.05) is 18.2 Å². The normalized spacial score (nSPS) is 16.6. The molecule has 2 aromatic carbocycles. The van der Waals surface area contributed by atoms with E-state index < -0.39 is 23.3 Å². The van der Waals surface area contributed by atoms with Crippen LogP contribution in [-0.2, 0) is 30.4 Å². The van der Waals surface area contributed by atoms with Gasteiger partial charge >= 0.3 is 12.1 Å². The first-order chi connectivity index (χ1) is 16.0. The van der Waals surface area contributed by atoms with Crippen molar-refractivity contribution < 1.29 is 37.2 Å². The minimum atomic E-state index is -4.38. The van der Waals surface area contributed by atoms with Crippen LogP contribution in [-0.4, -0.2) is 34.9 Å². The lowest BCUT2D eigenvalue weighted by molar-refractivity contribution is -0.913. The molecular weight excluding hydrogens is 449 g/mol. The molecule has 2 heterocycles. The lowest BCUT2D eigenvalue weighted by Crippen LogP contribution is -3.11. The highest BCUT2D eigenvalue weighted by molar-refractivity contribution is 5.76. The number of benzene rings is 2. The second-order valence-corrected chi connectivity index (χ2v) is 9.03. The van der Waals surface area contributed by atoms with Crippen molar-refractivity contribution in [3.63, 3.8) is 0 Å². The third-order valence-electron chi connectivity index (χ3n) is 6.05. The molecule has 0 fully saturated rings. The fourth-order valence-electron chi connectivity index (χ4n) is 4.02. The van der Waals surface area contributed by atoms with E-state index in [4.69, 9.17) is 9.26 Å². The van der Waals surface area contributed by atoms with Gasteiger partial charge in [0.05, 0.1) is 18.7 Å². The number of hydrogen-bond donors (Lipinski definition) is 2. The third-order valence-corrected chi connectivity index (χ3v) is 6.05. The quantitative estimate of drug-likeness (QED) is 0.568. The highest BCUT2D eigenvalue weighted by atomic mass is 19.4. The Hall–Kier alpha value is -3.33. The zero-order valence-corrected chi connectivity index (χ0v) is 18.9. The van der Waals surface area contributed by atoms with Gasteiger partial charge < -0.3 is 19.3 Å². The van der Waals surface area contributed by atoms with Gasteiger partial charge in [0.15, 0.2) is 11.4 Å². The Morgan fingerprint density at radius 3 is 2.38 bits per heavy atom. The lowest BCUT2D eigenvalue weighted by atomic mass is 10.0. The average Bonchev–Trinajstić information content (AvgIpc) is 3.15. The molecule has 1 unspecified atom stereocenters. The summed E-state index contributed by atoms with van der Waals surface area (Å²) in [6.45, 7) is 5.40. The number of ether oxygens (including phenoxy) is 1. The van der Waals surface area contributed by atoms with Crippen LogP contribution in [0.25, 0.3) is 11.3 Å². The number of carboxylic acids is 1. The molecule has 3 aromatic rings. The van der Waals surface area contributed by atoms with Gasteiger partial charge in [0.2, 0.25) is 0 Å². The summed E-state index contributed by atoms with van der Waals surface area (Å²) in [5, 5.41) is 13.4. The Kier molecular flexibility index (Phi) is 6.40. The topological polar surface area (TPSA) is 77.0 Å². The molecule has 0 aliphatic carbocycles. The average molecular weight is 475 g/mol. The molecule has 1 aliphatic rings. The molecular formula is C25H26F3N2O4+. The van der Waals surface area contributed by atoms with Crippen LogP contribution in [0.3, 0.4) is 0 Å². The number of fused-ring (bicyclic) bond motifs is 1. The monoisotopic (exact) mass is 475 g/mol. The van der Waals surface area contributed by atoms with E-state index in [0.717, 1.165) is 49.3 Å². The molecule has 0 saturated heterocycles. The van der Waals surface area contributed by atoms with Gasteiger partial charge in [-0.25, -0.2) is 4.79 Å². The number of carboxylic acid groups (broad SMARTS) is 1. The molecule has 4 rings (SSSR count). The predicted octanol–water partition coefficient (Wildman–Crippen LogP) is 3.79. The largest absolute Gasteiger partial charge is 0.478 e. The van der Waals surface area contributed by atoms with E-state index in [0.29, 0.717) is 23.6 Å². The van der Waals surface area contributed by atoms with E-state index >= 15 is 0 Å². The Bertz CT molecular complexity index is 1170. The van der Waals surface area contributed by atoms with Crippen molar-refractivity contribution >= 4 is 5.97 Å². The van der Waals surface area contributed by atoms with Crippen LogP contribution >= 0.6 is 0 Å². The number of quaternary nitrogens is 1. The first-order valence-electron chi connectivity index (χ1n) is 11.0. The van der Waals surface area contributed by atoms with Crippen molar-refractivity contribution in [2.45, 2.75) is 45.0 Å². The van der Waals surface area contributed by atoms with Crippen molar-refractivity contribution in [2.75, 3.05) is 13.1 Å². The van der Waals surface area contributed by atoms with Gasteiger partial charge in [0, 0.05) is 24.5 Å². The van der Waals surface area contributed by atoms with Crippen LogP contribution < -0.4 is 9.64 Å². The van der Waals surface area contributed by atoms with E-state index in [1.54, 1.807) is 6.07 Å². The number of rotatable bonds is 6. The molecule has 1 aliphatic heterocycles. The first kappa shape index (κ1) is 23.8. The van der Waals surface area contributed by atoms with Crippen LogP contribution in [0.4, 0.5) is 13.2 Å². The number of nitrogens with one attached hydrogen (secondary N) is 1. The predicted molar refractivity (Wildman–Crippen MR) is 118 cm³/mol. The smallest absolute Gasteiger partial charge is 0.416 e. The van der Waals surface area contributed by atoms with Gasteiger partial charge in [-0.1, -0.05) is 23.4 Å². The summed E-state index contributed by atoms with van der Waals surface area (Å²) in [6.07, 6.45) is -2.71. The van der Waals surface area contributed by atoms with Gasteiger partial charge in [-0.3, -0.25) is 0 Å². The second kappa shape index (κ2) is 9.13. The molecule has 2 N–H and O–H groups in total. The van der Waals surface area contributed by atoms with Gasteiger partial charge in [-0.2, -0.15) is 13.2 Å². The Morgan fingerprint density at radius 2 is 1.74 bits per heavy atom. The van der Waals surface area contributed by atoms with E-state index in [1.165, 1.54) is 36.4 Å². The summed E-state index contributed by atoms with van der Waals surface area (Å²) in [5.74, 6) is -0.0577. The van der Waals surface area contributed by atoms with Crippen LogP contribution in [0, 0.1) is 0 Å². The second-order valence-electron chi connectivity index (χ2n) is 9.03. The molecule has 34 heavy (non-hydrogen) atoms. The van der Waals surface area contributed by atoms with Gasteiger partial charge in [0.1, 0.15) is 18.0 Å². The first-order valence-corrected chi connectivity index (χ1v) is 11.0. The van der Waals surface area contributed by atoms with Crippen molar-refractivity contribution in [3.05, 3.63) is 70.9 Å². The molecule has 180 valence electrons. The number of aromatic nitrogens is 1. The van der Waals surface area contributed by atoms with E-state index in [9.17, 15) is 23.1 Å². The maximum absolute atomic E-state index is 12.8. The van der Waals surface area contributed by atoms with Gasteiger partial charge in [-0.15, -0.1) is 0 Å². The summed E-state index contributed by atoms with van der Waals surface area (Å²) >= 11 is 0. The maximum atomic E-state index is 12.8. The Balaban J connectivity index is 1.39. The summed E-state index contributed by atoms with van der Waals surface area (Å²) in [6, 6.07) is 12.3. The van der Waals surface area contributed by atoms with Gasteiger partial charge in [-0.05, 0) is 49.2 Å². The molecule has 0 amide bonds. The zero-order valence-electron chi connectivity index (χ0n) is 18.9. The van der Waals surface area contributed by atoms with Crippen LogP contribution in [0.2, 0.25) is 0 Å². The Labute approximate surface area is 194 Å². The minimum Gasteiger partial charge on any atom is -0.478 e. The SMILES string of the molecule is CC(C)(Oc1ccc2c(c1)CC[NH+](Cc1cc(-c3ccc(C(F)(F)F)cc3)on1)CC2)C(=O)O.